The van der Waals surface area contributed by atoms with E-state index in [4.69, 9.17) is 19.8 Å². The summed E-state index contributed by atoms with van der Waals surface area (Å²) < 4.78 is 5.33. The molecule has 2 aromatic rings. The monoisotopic (exact) mass is 397 g/mol. The molecule has 0 atom stereocenters. The Morgan fingerprint density at radius 2 is 1.83 bits per heavy atom. The Bertz CT molecular complexity index is 867. The molecule has 2 aliphatic heterocycles. The molecule has 1 aromatic heterocycles. The van der Waals surface area contributed by atoms with Crippen LogP contribution in [0, 0.1) is 0 Å². The lowest BCUT2D eigenvalue weighted by Crippen LogP contribution is -2.48. The fraction of sp³-hybridized carbons (Fsp3) is 0.476. The van der Waals surface area contributed by atoms with Crippen molar-refractivity contribution in [3.63, 3.8) is 0 Å². The Hall–Kier alpha value is -2.71. The minimum Gasteiger partial charge on any atom is -0.480 e. The van der Waals surface area contributed by atoms with Gasteiger partial charge in [0.25, 0.3) is 0 Å². The van der Waals surface area contributed by atoms with Crippen LogP contribution in [0.2, 0.25) is 0 Å². The molecular formula is C21H27N5O3. The molecule has 0 radical (unpaired) electrons. The zero-order valence-electron chi connectivity index (χ0n) is 16.8. The van der Waals surface area contributed by atoms with Crippen LogP contribution in [0.5, 0.6) is 0 Å². The number of aromatic nitrogens is 2. The van der Waals surface area contributed by atoms with Gasteiger partial charge in [-0.3, -0.25) is 9.69 Å². The number of anilines is 2. The normalized spacial score (nSPS) is 17.3. The van der Waals surface area contributed by atoms with Crippen LogP contribution in [0.15, 0.2) is 30.3 Å². The van der Waals surface area contributed by atoms with Gasteiger partial charge in [-0.25, -0.2) is 4.98 Å². The molecule has 1 saturated heterocycles. The highest BCUT2D eigenvalue weighted by Crippen LogP contribution is 2.25. The molecule has 4 rings (SSSR count). The first kappa shape index (κ1) is 19.6. The van der Waals surface area contributed by atoms with Crippen molar-refractivity contribution in [1.82, 2.24) is 14.9 Å². The highest BCUT2D eigenvalue weighted by atomic mass is 16.5. The Kier molecular flexibility index (Phi) is 5.92. The van der Waals surface area contributed by atoms with E-state index in [-0.39, 0.29) is 6.54 Å². The minimum atomic E-state index is -0.782. The molecule has 1 N–H and O–H groups in total. The molecule has 8 nitrogen and oxygen atoms in total. The predicted molar refractivity (Wildman–Crippen MR) is 110 cm³/mol. The number of hydrogen-bond donors (Lipinski definition) is 1. The van der Waals surface area contributed by atoms with Crippen LogP contribution in [0.3, 0.4) is 0 Å². The number of carboxylic acids is 1. The van der Waals surface area contributed by atoms with Crippen molar-refractivity contribution in [3.8, 4) is 0 Å². The van der Waals surface area contributed by atoms with Crippen molar-refractivity contribution in [1.29, 1.82) is 0 Å². The van der Waals surface area contributed by atoms with E-state index in [1.807, 2.05) is 11.0 Å². The molecule has 8 heteroatoms. The van der Waals surface area contributed by atoms with Crippen LogP contribution in [0.25, 0.3) is 0 Å². The molecule has 154 valence electrons. The number of piperazine rings is 1. The number of fused-ring (bicyclic) bond motifs is 1. The summed E-state index contributed by atoms with van der Waals surface area (Å²) in [5.41, 5.74) is 3.58. The van der Waals surface area contributed by atoms with Gasteiger partial charge >= 0.3 is 5.97 Å². The average Bonchev–Trinajstić information content (AvgIpc) is 2.73. The maximum absolute atomic E-state index is 10.9. The molecule has 2 aliphatic rings. The summed E-state index contributed by atoms with van der Waals surface area (Å²) in [4.78, 5) is 27.0. The largest absolute Gasteiger partial charge is 0.480 e. The fourth-order valence-corrected chi connectivity index (χ4v) is 3.99. The van der Waals surface area contributed by atoms with E-state index >= 15 is 0 Å². The van der Waals surface area contributed by atoms with Gasteiger partial charge in [0.05, 0.1) is 18.8 Å². The standard InChI is InChI=1S/C21H27N5O3/c1-29-15-18-12-19(25-10-8-24(9-11-25)14-20(27)28)23-21(22-18)26-7-6-16-4-2-3-5-17(16)13-26/h2-5,12H,6-11,13-15H2,1H3,(H,27,28). The molecule has 0 bridgehead atoms. The lowest BCUT2D eigenvalue weighted by molar-refractivity contribution is -0.138. The smallest absolute Gasteiger partial charge is 0.317 e. The second kappa shape index (κ2) is 8.75. The van der Waals surface area contributed by atoms with Gasteiger partial charge in [-0.1, -0.05) is 24.3 Å². The second-order valence-corrected chi connectivity index (χ2v) is 7.55. The van der Waals surface area contributed by atoms with Gasteiger partial charge in [-0.2, -0.15) is 4.98 Å². The number of methoxy groups -OCH3 is 1. The van der Waals surface area contributed by atoms with E-state index in [1.165, 1.54) is 11.1 Å². The summed E-state index contributed by atoms with van der Waals surface area (Å²) in [7, 11) is 1.67. The first-order valence-corrected chi connectivity index (χ1v) is 10.00. The summed E-state index contributed by atoms with van der Waals surface area (Å²) in [6.45, 7) is 5.14. The van der Waals surface area contributed by atoms with Crippen LogP contribution in [0.1, 0.15) is 16.8 Å². The van der Waals surface area contributed by atoms with Crippen molar-refractivity contribution < 1.29 is 14.6 Å². The van der Waals surface area contributed by atoms with Gasteiger partial charge in [0.2, 0.25) is 5.95 Å². The van der Waals surface area contributed by atoms with E-state index in [9.17, 15) is 4.79 Å². The summed E-state index contributed by atoms with van der Waals surface area (Å²) >= 11 is 0. The molecule has 29 heavy (non-hydrogen) atoms. The number of carbonyl (C=O) groups is 1. The molecular weight excluding hydrogens is 370 g/mol. The van der Waals surface area contributed by atoms with Crippen molar-refractivity contribution >= 4 is 17.7 Å². The number of nitrogens with zero attached hydrogens (tertiary/aromatic N) is 5. The number of benzene rings is 1. The fourth-order valence-electron chi connectivity index (χ4n) is 3.99. The molecule has 1 fully saturated rings. The van der Waals surface area contributed by atoms with Gasteiger partial charge < -0.3 is 19.6 Å². The lowest BCUT2D eigenvalue weighted by Gasteiger charge is -2.35. The third-order valence-corrected chi connectivity index (χ3v) is 5.51. The first-order chi connectivity index (χ1) is 14.1. The van der Waals surface area contributed by atoms with Crippen molar-refractivity contribution in [2.45, 2.75) is 19.6 Å². The predicted octanol–water partition coefficient (Wildman–Crippen LogP) is 1.39. The highest BCUT2D eigenvalue weighted by Gasteiger charge is 2.23. The van der Waals surface area contributed by atoms with Crippen LogP contribution < -0.4 is 9.80 Å². The van der Waals surface area contributed by atoms with E-state index in [0.29, 0.717) is 19.7 Å². The van der Waals surface area contributed by atoms with Gasteiger partial charge in [-0.05, 0) is 17.5 Å². The summed E-state index contributed by atoms with van der Waals surface area (Å²) in [6, 6.07) is 10.5. The number of ether oxygens (including phenoxy) is 1. The molecule has 3 heterocycles. The maximum atomic E-state index is 10.9. The Morgan fingerprint density at radius 3 is 2.55 bits per heavy atom. The molecule has 0 unspecified atom stereocenters. The lowest BCUT2D eigenvalue weighted by atomic mass is 10.0. The van der Waals surface area contributed by atoms with Crippen LogP contribution in [-0.2, 0) is 29.1 Å². The second-order valence-electron chi connectivity index (χ2n) is 7.55. The number of carboxylic acid groups (broad SMARTS) is 1. The van der Waals surface area contributed by atoms with E-state index in [2.05, 4.69) is 34.1 Å². The molecule has 0 spiro atoms. The third kappa shape index (κ3) is 4.65. The Labute approximate surface area is 170 Å². The Morgan fingerprint density at radius 1 is 1.07 bits per heavy atom. The van der Waals surface area contributed by atoms with Gasteiger partial charge in [0.15, 0.2) is 0 Å². The van der Waals surface area contributed by atoms with Crippen molar-refractivity contribution in [2.75, 3.05) is 56.2 Å². The quantitative estimate of drug-likeness (QED) is 0.783. The van der Waals surface area contributed by atoms with Gasteiger partial charge in [0, 0.05) is 52.4 Å². The van der Waals surface area contributed by atoms with E-state index in [1.54, 1.807) is 7.11 Å². The number of rotatable bonds is 6. The molecule has 0 aliphatic carbocycles. The molecule has 0 saturated carbocycles. The zero-order chi connectivity index (χ0) is 20.2. The SMILES string of the molecule is COCc1cc(N2CCN(CC(=O)O)CC2)nc(N2CCc3ccccc3C2)n1. The van der Waals surface area contributed by atoms with Crippen molar-refractivity contribution in [2.24, 2.45) is 0 Å². The summed E-state index contributed by atoms with van der Waals surface area (Å²) in [5, 5.41) is 9.00. The average molecular weight is 397 g/mol. The minimum absolute atomic E-state index is 0.0883. The van der Waals surface area contributed by atoms with E-state index in [0.717, 1.165) is 50.1 Å². The first-order valence-electron chi connectivity index (χ1n) is 10.00. The van der Waals surface area contributed by atoms with Crippen molar-refractivity contribution in [3.05, 3.63) is 47.2 Å². The van der Waals surface area contributed by atoms with E-state index < -0.39 is 5.97 Å². The summed E-state index contributed by atoms with van der Waals surface area (Å²) in [6.07, 6.45) is 0.983. The summed E-state index contributed by atoms with van der Waals surface area (Å²) in [5.74, 6) is 0.837. The van der Waals surface area contributed by atoms with Crippen LogP contribution in [0.4, 0.5) is 11.8 Å². The molecule has 1 aromatic carbocycles. The van der Waals surface area contributed by atoms with Crippen LogP contribution >= 0.6 is 0 Å². The topological polar surface area (TPSA) is 82.0 Å². The molecule has 0 amide bonds. The number of aliphatic carboxylic acids is 1. The maximum Gasteiger partial charge on any atom is 0.317 e. The third-order valence-electron chi connectivity index (χ3n) is 5.51. The Balaban J connectivity index is 1.53. The van der Waals surface area contributed by atoms with Gasteiger partial charge in [-0.15, -0.1) is 0 Å². The highest BCUT2D eigenvalue weighted by molar-refractivity contribution is 5.69. The van der Waals surface area contributed by atoms with Gasteiger partial charge in [0.1, 0.15) is 5.82 Å². The zero-order valence-corrected chi connectivity index (χ0v) is 16.8. The van der Waals surface area contributed by atoms with Crippen LogP contribution in [-0.4, -0.2) is 72.3 Å². The number of hydrogen-bond acceptors (Lipinski definition) is 7.